The molecule has 2 rings (SSSR count). The molecule has 112 valence electrons. The van der Waals surface area contributed by atoms with Crippen molar-refractivity contribution in [1.82, 2.24) is 5.32 Å². The molecule has 0 heterocycles. The highest BCUT2D eigenvalue weighted by molar-refractivity contribution is 9.10. The van der Waals surface area contributed by atoms with E-state index >= 15 is 0 Å². The summed E-state index contributed by atoms with van der Waals surface area (Å²) < 4.78 is 6.21. The van der Waals surface area contributed by atoms with E-state index in [2.05, 4.69) is 28.2 Å². The molecule has 1 unspecified atom stereocenters. The van der Waals surface area contributed by atoms with E-state index in [1.807, 2.05) is 30.3 Å². The van der Waals surface area contributed by atoms with Crippen molar-refractivity contribution in [1.29, 1.82) is 0 Å². The summed E-state index contributed by atoms with van der Waals surface area (Å²) in [7, 11) is 1.65. The molecule has 0 amide bonds. The molecule has 2 aromatic rings. The summed E-state index contributed by atoms with van der Waals surface area (Å²) in [6.45, 7) is 2.89. The van der Waals surface area contributed by atoms with Gasteiger partial charge in [0.25, 0.3) is 0 Å². The number of halogens is 3. The van der Waals surface area contributed by atoms with Crippen LogP contribution in [0.1, 0.15) is 24.1 Å². The zero-order valence-corrected chi connectivity index (χ0v) is 14.9. The van der Waals surface area contributed by atoms with Gasteiger partial charge in [-0.15, -0.1) is 0 Å². The van der Waals surface area contributed by atoms with Gasteiger partial charge in [-0.05, 0) is 41.9 Å². The van der Waals surface area contributed by atoms with Gasteiger partial charge in [0.2, 0.25) is 0 Å². The van der Waals surface area contributed by atoms with Crippen LogP contribution in [0.25, 0.3) is 0 Å². The minimum absolute atomic E-state index is 0.0138. The minimum atomic E-state index is -0.0138. The first kappa shape index (κ1) is 16.6. The first-order valence-corrected chi connectivity index (χ1v) is 8.13. The van der Waals surface area contributed by atoms with E-state index in [0.29, 0.717) is 10.0 Å². The van der Waals surface area contributed by atoms with Crippen LogP contribution in [0.15, 0.2) is 40.9 Å². The van der Waals surface area contributed by atoms with Crippen molar-refractivity contribution < 1.29 is 4.74 Å². The Labute approximate surface area is 143 Å². The molecule has 1 atom stereocenters. The molecule has 1 N–H and O–H groups in total. The molecule has 0 saturated carbocycles. The lowest BCUT2D eigenvalue weighted by molar-refractivity contribution is 0.414. The molecule has 0 fully saturated rings. The molecule has 0 spiro atoms. The maximum absolute atomic E-state index is 6.36. The van der Waals surface area contributed by atoms with Crippen LogP contribution in [0.3, 0.4) is 0 Å². The van der Waals surface area contributed by atoms with Crippen molar-refractivity contribution in [3.05, 3.63) is 62.0 Å². The van der Waals surface area contributed by atoms with Crippen LogP contribution in [0, 0.1) is 0 Å². The number of methoxy groups -OCH3 is 1. The molecular formula is C16H16BrCl2NO. The van der Waals surface area contributed by atoms with Crippen molar-refractivity contribution in [2.75, 3.05) is 13.7 Å². The summed E-state index contributed by atoms with van der Waals surface area (Å²) in [5.41, 5.74) is 2.09. The van der Waals surface area contributed by atoms with E-state index in [4.69, 9.17) is 27.9 Å². The van der Waals surface area contributed by atoms with Crippen LogP contribution in [-0.4, -0.2) is 13.7 Å². The smallest absolute Gasteiger partial charge is 0.120 e. The van der Waals surface area contributed by atoms with Crippen LogP contribution < -0.4 is 10.1 Å². The predicted octanol–water partition coefficient (Wildman–Crippen LogP) is 5.46. The first-order valence-electron chi connectivity index (χ1n) is 6.58. The topological polar surface area (TPSA) is 21.3 Å². The Morgan fingerprint density at radius 3 is 2.43 bits per heavy atom. The van der Waals surface area contributed by atoms with Gasteiger partial charge in [0.05, 0.1) is 13.2 Å². The molecule has 0 radical (unpaired) electrons. The highest BCUT2D eigenvalue weighted by Crippen LogP contribution is 2.35. The molecule has 0 aliphatic carbocycles. The van der Waals surface area contributed by atoms with E-state index in [1.54, 1.807) is 13.2 Å². The van der Waals surface area contributed by atoms with Crippen LogP contribution in [0.5, 0.6) is 5.75 Å². The lowest BCUT2D eigenvalue weighted by Gasteiger charge is -2.22. The monoisotopic (exact) mass is 387 g/mol. The Balaban J connectivity index is 2.48. The first-order chi connectivity index (χ1) is 10.1. The molecule has 0 aromatic heterocycles. The fourth-order valence-electron chi connectivity index (χ4n) is 2.20. The number of rotatable bonds is 5. The van der Waals surface area contributed by atoms with E-state index in [-0.39, 0.29) is 6.04 Å². The van der Waals surface area contributed by atoms with Gasteiger partial charge < -0.3 is 10.1 Å². The molecule has 0 bridgehead atoms. The van der Waals surface area contributed by atoms with Crippen molar-refractivity contribution in [2.45, 2.75) is 13.0 Å². The average Bonchev–Trinajstić information content (AvgIpc) is 2.46. The van der Waals surface area contributed by atoms with Crippen LogP contribution >= 0.6 is 39.1 Å². The molecule has 0 saturated heterocycles. The van der Waals surface area contributed by atoms with Gasteiger partial charge in [0, 0.05) is 14.5 Å². The number of hydrogen-bond donors (Lipinski definition) is 1. The van der Waals surface area contributed by atoms with Crippen LogP contribution in [0.4, 0.5) is 0 Å². The zero-order chi connectivity index (χ0) is 15.4. The number of ether oxygens (including phenoxy) is 1. The van der Waals surface area contributed by atoms with Crippen LogP contribution in [-0.2, 0) is 0 Å². The molecule has 21 heavy (non-hydrogen) atoms. The summed E-state index contributed by atoms with van der Waals surface area (Å²) in [4.78, 5) is 0. The molecule has 0 aliphatic rings. The maximum Gasteiger partial charge on any atom is 0.120 e. The molecule has 5 heteroatoms. The SMILES string of the molecule is CCNC(c1ccc(Cl)cc1Cl)c1ccc(OC)cc1Br. The highest BCUT2D eigenvalue weighted by atomic mass is 79.9. The quantitative estimate of drug-likeness (QED) is 0.733. The van der Waals surface area contributed by atoms with Gasteiger partial charge in [-0.3, -0.25) is 0 Å². The summed E-state index contributed by atoms with van der Waals surface area (Å²) in [6.07, 6.45) is 0. The fourth-order valence-corrected chi connectivity index (χ4v) is 3.30. The third-order valence-electron chi connectivity index (χ3n) is 3.20. The number of nitrogens with one attached hydrogen (secondary N) is 1. The van der Waals surface area contributed by atoms with Gasteiger partial charge in [0.1, 0.15) is 5.75 Å². The average molecular weight is 389 g/mol. The van der Waals surface area contributed by atoms with Gasteiger partial charge in [0.15, 0.2) is 0 Å². The Hall–Kier alpha value is -0.740. The largest absolute Gasteiger partial charge is 0.497 e. The third kappa shape index (κ3) is 3.92. The summed E-state index contributed by atoms with van der Waals surface area (Å²) in [6, 6.07) is 11.5. The van der Waals surface area contributed by atoms with Gasteiger partial charge >= 0.3 is 0 Å². The van der Waals surface area contributed by atoms with Crippen LogP contribution in [0.2, 0.25) is 10.0 Å². The third-order valence-corrected chi connectivity index (χ3v) is 4.45. The maximum atomic E-state index is 6.36. The van der Waals surface area contributed by atoms with Gasteiger partial charge in [-0.2, -0.15) is 0 Å². The Bertz CT molecular complexity index is 634. The minimum Gasteiger partial charge on any atom is -0.497 e. The summed E-state index contributed by atoms with van der Waals surface area (Å²) >= 11 is 15.9. The highest BCUT2D eigenvalue weighted by Gasteiger charge is 2.19. The zero-order valence-electron chi connectivity index (χ0n) is 11.8. The number of benzene rings is 2. The Morgan fingerprint density at radius 1 is 1.14 bits per heavy atom. The molecular weight excluding hydrogens is 373 g/mol. The van der Waals surface area contributed by atoms with E-state index in [0.717, 1.165) is 27.9 Å². The van der Waals surface area contributed by atoms with Crippen molar-refractivity contribution in [3.8, 4) is 5.75 Å². The Morgan fingerprint density at radius 2 is 1.86 bits per heavy atom. The van der Waals surface area contributed by atoms with Crippen molar-refractivity contribution >= 4 is 39.1 Å². The molecule has 2 nitrogen and oxygen atoms in total. The summed E-state index contributed by atoms with van der Waals surface area (Å²) in [5, 5.41) is 4.74. The van der Waals surface area contributed by atoms with Gasteiger partial charge in [-0.1, -0.05) is 58.2 Å². The lowest BCUT2D eigenvalue weighted by atomic mass is 9.98. The Kier molecular flexibility index (Phi) is 5.94. The van der Waals surface area contributed by atoms with Gasteiger partial charge in [-0.25, -0.2) is 0 Å². The lowest BCUT2D eigenvalue weighted by Crippen LogP contribution is -2.22. The van der Waals surface area contributed by atoms with E-state index < -0.39 is 0 Å². The van der Waals surface area contributed by atoms with Crippen molar-refractivity contribution in [2.24, 2.45) is 0 Å². The second-order valence-electron chi connectivity index (χ2n) is 4.54. The standard InChI is InChI=1S/C16H16BrCl2NO/c1-3-20-16(13-6-4-10(18)8-15(13)19)12-7-5-11(21-2)9-14(12)17/h4-9,16,20H,3H2,1-2H3. The number of hydrogen-bond acceptors (Lipinski definition) is 2. The van der Waals surface area contributed by atoms with E-state index in [9.17, 15) is 0 Å². The second kappa shape index (κ2) is 7.50. The van der Waals surface area contributed by atoms with Crippen molar-refractivity contribution in [3.63, 3.8) is 0 Å². The fraction of sp³-hybridized carbons (Fsp3) is 0.250. The van der Waals surface area contributed by atoms with E-state index in [1.165, 1.54) is 0 Å². The summed E-state index contributed by atoms with van der Waals surface area (Å²) in [5.74, 6) is 0.808. The normalized spacial score (nSPS) is 12.2. The predicted molar refractivity (Wildman–Crippen MR) is 92.7 cm³/mol. The molecule has 2 aromatic carbocycles. The second-order valence-corrected chi connectivity index (χ2v) is 6.24. The molecule has 0 aliphatic heterocycles.